The summed E-state index contributed by atoms with van der Waals surface area (Å²) in [5.41, 5.74) is 0.724. The molecule has 0 amide bonds. The monoisotopic (exact) mass is 193 g/mol. The van der Waals surface area contributed by atoms with Crippen molar-refractivity contribution < 1.29 is 4.39 Å². The third-order valence-corrected chi connectivity index (χ3v) is 2.81. The van der Waals surface area contributed by atoms with E-state index in [2.05, 4.69) is 11.6 Å². The van der Waals surface area contributed by atoms with Crippen LogP contribution in [-0.4, -0.2) is 11.6 Å². The van der Waals surface area contributed by atoms with Crippen LogP contribution in [0.3, 0.4) is 0 Å². The second kappa shape index (κ2) is 3.39. The van der Waals surface area contributed by atoms with Crippen molar-refractivity contribution in [3.05, 3.63) is 36.3 Å². The number of fused-ring (bicyclic) bond motifs is 1. The summed E-state index contributed by atoms with van der Waals surface area (Å²) in [5.74, 6) is -0.190. The van der Waals surface area contributed by atoms with Crippen molar-refractivity contribution in [1.29, 1.82) is 0 Å². The van der Waals surface area contributed by atoms with Gasteiger partial charge in [0.05, 0.1) is 5.52 Å². The highest BCUT2D eigenvalue weighted by molar-refractivity contribution is 7.46. The van der Waals surface area contributed by atoms with Gasteiger partial charge in [-0.1, -0.05) is 14.6 Å². The minimum atomic E-state index is -0.190. The fourth-order valence-corrected chi connectivity index (χ4v) is 1.73. The SMILES string of the molecule is CPc1cnc2cccc(F)c2c1. The molecule has 0 radical (unpaired) electrons. The molecule has 0 spiro atoms. The highest BCUT2D eigenvalue weighted by Crippen LogP contribution is 2.15. The highest BCUT2D eigenvalue weighted by Gasteiger charge is 2.00. The molecular formula is C10H9FNP. The Balaban J connectivity index is 2.74. The molecule has 0 aliphatic rings. The lowest BCUT2D eigenvalue weighted by Crippen LogP contribution is -1.96. The quantitative estimate of drug-likeness (QED) is 0.633. The zero-order valence-corrected chi connectivity index (χ0v) is 8.21. The Hall–Kier alpha value is -1.01. The number of hydrogen-bond donors (Lipinski definition) is 0. The first-order valence-corrected chi connectivity index (χ1v) is 5.53. The van der Waals surface area contributed by atoms with Crippen LogP contribution < -0.4 is 5.30 Å². The lowest BCUT2D eigenvalue weighted by molar-refractivity contribution is 0.639. The predicted molar refractivity (Wildman–Crippen MR) is 55.6 cm³/mol. The molecule has 1 nitrogen and oxygen atoms in total. The van der Waals surface area contributed by atoms with Crippen molar-refractivity contribution in [2.45, 2.75) is 0 Å². The van der Waals surface area contributed by atoms with Crippen molar-refractivity contribution in [3.63, 3.8) is 0 Å². The molecule has 0 aliphatic carbocycles. The molecule has 1 unspecified atom stereocenters. The number of halogens is 1. The molecule has 2 aromatic rings. The summed E-state index contributed by atoms with van der Waals surface area (Å²) in [6.45, 7) is 2.06. The van der Waals surface area contributed by atoms with Crippen molar-refractivity contribution in [1.82, 2.24) is 4.98 Å². The molecule has 3 heteroatoms. The Bertz CT molecular complexity index is 442. The number of hydrogen-bond acceptors (Lipinski definition) is 1. The lowest BCUT2D eigenvalue weighted by Gasteiger charge is -2.00. The Morgan fingerprint density at radius 3 is 3.00 bits per heavy atom. The van der Waals surface area contributed by atoms with Gasteiger partial charge < -0.3 is 0 Å². The summed E-state index contributed by atoms with van der Waals surface area (Å²) in [5, 5.41) is 1.71. The molecule has 0 saturated carbocycles. The molecule has 0 N–H and O–H groups in total. The van der Waals surface area contributed by atoms with Crippen molar-refractivity contribution >= 4 is 24.8 Å². The highest BCUT2D eigenvalue weighted by atomic mass is 31.1. The third kappa shape index (κ3) is 1.54. The molecule has 66 valence electrons. The van der Waals surface area contributed by atoms with E-state index >= 15 is 0 Å². The zero-order valence-electron chi connectivity index (χ0n) is 7.21. The van der Waals surface area contributed by atoms with Crippen molar-refractivity contribution in [2.24, 2.45) is 0 Å². The van der Waals surface area contributed by atoms with Crippen molar-refractivity contribution in [2.75, 3.05) is 6.66 Å². The maximum absolute atomic E-state index is 13.3. The summed E-state index contributed by atoms with van der Waals surface area (Å²) in [7, 11) is 0.661. The second-order valence-corrected chi connectivity index (χ2v) is 3.86. The van der Waals surface area contributed by atoms with Gasteiger partial charge in [-0.2, -0.15) is 0 Å². The van der Waals surface area contributed by atoms with Gasteiger partial charge in [-0.15, -0.1) is 0 Å². The standard InChI is InChI=1S/C10H9FNP/c1-13-7-5-8-9(11)3-2-4-10(8)12-6-7/h2-6,13H,1H3. The van der Waals surface area contributed by atoms with E-state index in [4.69, 9.17) is 0 Å². The number of pyridine rings is 1. The Morgan fingerprint density at radius 1 is 1.38 bits per heavy atom. The summed E-state index contributed by atoms with van der Waals surface area (Å²) >= 11 is 0. The molecular weight excluding hydrogens is 184 g/mol. The molecule has 1 heterocycles. The van der Waals surface area contributed by atoms with Crippen LogP contribution in [0.25, 0.3) is 10.9 Å². The molecule has 0 fully saturated rings. The van der Waals surface area contributed by atoms with Crippen LogP contribution in [0, 0.1) is 5.82 Å². The smallest absolute Gasteiger partial charge is 0.132 e. The van der Waals surface area contributed by atoms with Crippen LogP contribution in [0.4, 0.5) is 4.39 Å². The molecule has 13 heavy (non-hydrogen) atoms. The van der Waals surface area contributed by atoms with Crippen LogP contribution >= 0.6 is 8.58 Å². The van der Waals surface area contributed by atoms with E-state index in [-0.39, 0.29) is 5.82 Å². The van der Waals surface area contributed by atoms with E-state index in [1.807, 2.05) is 12.1 Å². The fraction of sp³-hybridized carbons (Fsp3) is 0.100. The first kappa shape index (κ1) is 8.58. The van der Waals surface area contributed by atoms with E-state index in [1.165, 1.54) is 6.07 Å². The first-order chi connectivity index (χ1) is 6.31. The zero-order chi connectivity index (χ0) is 9.26. The summed E-state index contributed by atoms with van der Waals surface area (Å²) in [4.78, 5) is 4.18. The number of nitrogens with zero attached hydrogens (tertiary/aromatic N) is 1. The minimum Gasteiger partial charge on any atom is -0.255 e. The largest absolute Gasteiger partial charge is 0.255 e. The van der Waals surface area contributed by atoms with Crippen molar-refractivity contribution in [3.8, 4) is 0 Å². The van der Waals surface area contributed by atoms with E-state index in [9.17, 15) is 4.39 Å². The topological polar surface area (TPSA) is 12.9 Å². The lowest BCUT2D eigenvalue weighted by atomic mass is 10.2. The van der Waals surface area contributed by atoms with Gasteiger partial charge in [-0.3, -0.25) is 4.98 Å². The van der Waals surface area contributed by atoms with Crippen LogP contribution in [0.2, 0.25) is 0 Å². The molecule has 0 aliphatic heterocycles. The number of rotatable bonds is 1. The molecule has 0 saturated heterocycles. The van der Waals surface area contributed by atoms with Gasteiger partial charge in [0.1, 0.15) is 5.82 Å². The van der Waals surface area contributed by atoms with Crippen LogP contribution in [0.1, 0.15) is 0 Å². The number of benzene rings is 1. The fourth-order valence-electron chi connectivity index (χ4n) is 1.25. The normalized spacial score (nSPS) is 11.5. The summed E-state index contributed by atoms with van der Waals surface area (Å²) in [6, 6.07) is 6.84. The van der Waals surface area contributed by atoms with E-state index in [0.717, 1.165) is 10.8 Å². The van der Waals surface area contributed by atoms with Crippen LogP contribution in [-0.2, 0) is 0 Å². The molecule has 0 bridgehead atoms. The Labute approximate surface area is 77.8 Å². The second-order valence-electron chi connectivity index (χ2n) is 2.78. The minimum absolute atomic E-state index is 0.190. The Morgan fingerprint density at radius 2 is 2.23 bits per heavy atom. The van der Waals surface area contributed by atoms with Gasteiger partial charge in [0, 0.05) is 11.6 Å². The van der Waals surface area contributed by atoms with Gasteiger partial charge >= 0.3 is 0 Å². The molecule has 1 aromatic carbocycles. The maximum Gasteiger partial charge on any atom is 0.132 e. The molecule has 2 rings (SSSR count). The summed E-state index contributed by atoms with van der Waals surface area (Å²) in [6.07, 6.45) is 1.81. The van der Waals surface area contributed by atoms with E-state index in [0.29, 0.717) is 14.0 Å². The van der Waals surface area contributed by atoms with Gasteiger partial charge in [-0.25, -0.2) is 4.39 Å². The third-order valence-electron chi connectivity index (χ3n) is 1.96. The maximum atomic E-state index is 13.3. The van der Waals surface area contributed by atoms with Gasteiger partial charge in [0.25, 0.3) is 0 Å². The Kier molecular flexibility index (Phi) is 2.24. The van der Waals surface area contributed by atoms with E-state index in [1.54, 1.807) is 12.3 Å². The van der Waals surface area contributed by atoms with Crippen LogP contribution in [0.5, 0.6) is 0 Å². The van der Waals surface area contributed by atoms with Gasteiger partial charge in [0.2, 0.25) is 0 Å². The predicted octanol–water partition coefficient (Wildman–Crippen LogP) is 2.31. The molecule has 1 atom stereocenters. The first-order valence-electron chi connectivity index (χ1n) is 4.03. The number of aromatic nitrogens is 1. The van der Waals surface area contributed by atoms with Gasteiger partial charge in [0.15, 0.2) is 0 Å². The van der Waals surface area contributed by atoms with E-state index < -0.39 is 0 Å². The molecule has 1 aromatic heterocycles. The van der Waals surface area contributed by atoms with Crippen LogP contribution in [0.15, 0.2) is 30.5 Å². The average Bonchev–Trinajstić information content (AvgIpc) is 2.18. The average molecular weight is 193 g/mol. The van der Waals surface area contributed by atoms with Gasteiger partial charge in [-0.05, 0) is 30.2 Å². The summed E-state index contributed by atoms with van der Waals surface area (Å²) < 4.78 is 13.3.